The van der Waals surface area contributed by atoms with Crippen LogP contribution < -0.4 is 10.5 Å². The molecule has 4 rings (SSSR count). The highest BCUT2D eigenvalue weighted by Crippen LogP contribution is 2.30. The predicted octanol–water partition coefficient (Wildman–Crippen LogP) is 1.18. The zero-order chi connectivity index (χ0) is 18.6. The average molecular weight is 366 g/mol. The van der Waals surface area contributed by atoms with Gasteiger partial charge >= 0.3 is 0 Å². The molecule has 0 radical (unpaired) electrons. The number of carbonyl (C=O) groups excluding carboxylic acids is 1. The first-order valence-electron chi connectivity index (χ1n) is 9.09. The van der Waals surface area contributed by atoms with Gasteiger partial charge in [-0.25, -0.2) is 14.6 Å². The van der Waals surface area contributed by atoms with Crippen molar-refractivity contribution in [3.05, 3.63) is 48.4 Å². The number of nitrogens with two attached hydrogens (primary N) is 1. The van der Waals surface area contributed by atoms with E-state index in [-0.39, 0.29) is 18.4 Å². The lowest BCUT2D eigenvalue weighted by atomic mass is 10.0. The van der Waals surface area contributed by atoms with E-state index in [1.807, 2.05) is 35.2 Å². The van der Waals surface area contributed by atoms with Gasteiger partial charge in [-0.2, -0.15) is 5.10 Å². The molecule has 0 unspecified atom stereocenters. The first kappa shape index (κ1) is 17.4. The van der Waals surface area contributed by atoms with Gasteiger partial charge in [-0.05, 0) is 18.6 Å². The van der Waals surface area contributed by atoms with Gasteiger partial charge in [-0.15, -0.1) is 0 Å². The Morgan fingerprint density at radius 1 is 1.22 bits per heavy atom. The van der Waals surface area contributed by atoms with Gasteiger partial charge in [-0.3, -0.25) is 4.79 Å². The Kier molecular flexibility index (Phi) is 4.97. The molecule has 1 amide bonds. The minimum atomic E-state index is -0.0156. The molecule has 27 heavy (non-hydrogen) atoms. The Hall–Kier alpha value is -3.00. The van der Waals surface area contributed by atoms with Crippen molar-refractivity contribution in [2.45, 2.75) is 18.9 Å². The van der Waals surface area contributed by atoms with Crippen molar-refractivity contribution in [1.82, 2.24) is 24.6 Å². The number of carbonyl (C=O) groups is 1. The molecule has 3 aromatic rings. The third-order valence-corrected chi connectivity index (χ3v) is 4.77. The summed E-state index contributed by atoms with van der Waals surface area (Å²) in [6.45, 7) is 2.42. The second-order valence-corrected chi connectivity index (χ2v) is 6.55. The van der Waals surface area contributed by atoms with E-state index in [9.17, 15) is 4.79 Å². The fourth-order valence-electron chi connectivity index (χ4n) is 3.44. The number of fused-ring (bicyclic) bond motifs is 1. The van der Waals surface area contributed by atoms with Crippen molar-refractivity contribution in [3.8, 4) is 5.75 Å². The van der Waals surface area contributed by atoms with Crippen molar-refractivity contribution in [2.75, 3.05) is 26.2 Å². The topological polar surface area (TPSA) is 99.2 Å². The monoisotopic (exact) mass is 366 g/mol. The van der Waals surface area contributed by atoms with Gasteiger partial charge in [0.2, 0.25) is 0 Å². The maximum atomic E-state index is 12.5. The van der Waals surface area contributed by atoms with Crippen LogP contribution in [-0.2, 0) is 11.3 Å². The molecule has 1 atom stereocenters. The zero-order valence-electron chi connectivity index (χ0n) is 15.0. The van der Waals surface area contributed by atoms with E-state index in [0.29, 0.717) is 31.9 Å². The number of likely N-dealkylation sites (tertiary alicyclic amines) is 1. The van der Waals surface area contributed by atoms with Crippen molar-refractivity contribution in [3.63, 3.8) is 0 Å². The first-order valence-corrected chi connectivity index (χ1v) is 9.09. The molecule has 0 saturated carbocycles. The second-order valence-electron chi connectivity index (χ2n) is 6.55. The van der Waals surface area contributed by atoms with Crippen LogP contribution in [0, 0.1) is 0 Å². The molecule has 8 nitrogen and oxygen atoms in total. The summed E-state index contributed by atoms with van der Waals surface area (Å²) >= 11 is 0. The van der Waals surface area contributed by atoms with Crippen LogP contribution in [0.25, 0.3) is 11.2 Å². The minimum absolute atomic E-state index is 0.0156. The SMILES string of the molecule is NCCn1nc([C@H]2CCN(C(=O)COc3ccccc3)C2)c2nccnc21. The minimum Gasteiger partial charge on any atom is -0.484 e. The van der Waals surface area contributed by atoms with Crippen LogP contribution in [0.2, 0.25) is 0 Å². The molecule has 0 bridgehead atoms. The van der Waals surface area contributed by atoms with Crippen molar-refractivity contribution in [2.24, 2.45) is 5.73 Å². The molecule has 3 heterocycles. The van der Waals surface area contributed by atoms with E-state index in [2.05, 4.69) is 9.97 Å². The van der Waals surface area contributed by atoms with E-state index in [1.54, 1.807) is 17.1 Å². The number of amides is 1. The summed E-state index contributed by atoms with van der Waals surface area (Å²) in [6, 6.07) is 9.37. The highest BCUT2D eigenvalue weighted by Gasteiger charge is 2.31. The molecule has 0 aliphatic carbocycles. The summed E-state index contributed by atoms with van der Waals surface area (Å²) in [6.07, 6.45) is 4.18. The summed E-state index contributed by atoms with van der Waals surface area (Å²) in [5.74, 6) is 0.824. The lowest BCUT2D eigenvalue weighted by Crippen LogP contribution is -2.32. The number of aromatic nitrogens is 4. The van der Waals surface area contributed by atoms with E-state index in [1.165, 1.54) is 0 Å². The molecule has 1 aliphatic heterocycles. The Bertz CT molecular complexity index is 926. The van der Waals surface area contributed by atoms with Crippen LogP contribution in [0.3, 0.4) is 0 Å². The number of para-hydroxylation sites is 1. The Morgan fingerprint density at radius 3 is 2.85 bits per heavy atom. The fourth-order valence-corrected chi connectivity index (χ4v) is 3.44. The molecule has 1 aliphatic rings. The summed E-state index contributed by atoms with van der Waals surface area (Å²) in [4.78, 5) is 23.2. The third kappa shape index (κ3) is 3.61. The normalized spacial score (nSPS) is 16.8. The van der Waals surface area contributed by atoms with E-state index in [0.717, 1.165) is 23.3 Å². The summed E-state index contributed by atoms with van der Waals surface area (Å²) in [5.41, 5.74) is 8.12. The number of hydrogen-bond donors (Lipinski definition) is 1. The van der Waals surface area contributed by atoms with Crippen LogP contribution in [0.1, 0.15) is 18.0 Å². The molecular formula is C19H22N6O2. The van der Waals surface area contributed by atoms with Crippen LogP contribution in [0.15, 0.2) is 42.7 Å². The lowest BCUT2D eigenvalue weighted by Gasteiger charge is -2.16. The quantitative estimate of drug-likeness (QED) is 0.703. The standard InChI is InChI=1S/C19H22N6O2/c20-7-11-25-19-18(21-8-9-22-19)17(23-25)14-6-10-24(12-14)16(26)13-27-15-4-2-1-3-5-15/h1-5,8-9,14H,6-7,10-13,20H2/t14-/m0/s1. The lowest BCUT2D eigenvalue weighted by molar-refractivity contribution is -0.132. The predicted molar refractivity (Wildman–Crippen MR) is 100 cm³/mol. The number of ether oxygens (including phenoxy) is 1. The van der Waals surface area contributed by atoms with Crippen molar-refractivity contribution < 1.29 is 9.53 Å². The average Bonchev–Trinajstić information content (AvgIpc) is 3.33. The van der Waals surface area contributed by atoms with Gasteiger partial charge in [0.05, 0.1) is 12.2 Å². The number of nitrogens with zero attached hydrogens (tertiary/aromatic N) is 5. The molecule has 1 aromatic carbocycles. The Balaban J connectivity index is 1.45. The maximum Gasteiger partial charge on any atom is 0.260 e. The molecule has 2 aromatic heterocycles. The maximum absolute atomic E-state index is 12.5. The molecule has 2 N–H and O–H groups in total. The number of benzene rings is 1. The second kappa shape index (κ2) is 7.71. The highest BCUT2D eigenvalue weighted by molar-refractivity contribution is 5.79. The fraction of sp³-hybridized carbons (Fsp3) is 0.368. The van der Waals surface area contributed by atoms with Gasteiger partial charge in [0.1, 0.15) is 11.3 Å². The van der Waals surface area contributed by atoms with E-state index in [4.69, 9.17) is 15.6 Å². The highest BCUT2D eigenvalue weighted by atomic mass is 16.5. The summed E-state index contributed by atoms with van der Waals surface area (Å²) in [7, 11) is 0. The molecule has 8 heteroatoms. The van der Waals surface area contributed by atoms with Crippen LogP contribution in [-0.4, -0.2) is 56.8 Å². The molecule has 1 saturated heterocycles. The van der Waals surface area contributed by atoms with Crippen molar-refractivity contribution >= 4 is 17.1 Å². The summed E-state index contributed by atoms with van der Waals surface area (Å²) < 4.78 is 7.39. The smallest absolute Gasteiger partial charge is 0.260 e. The van der Waals surface area contributed by atoms with Crippen LogP contribution in [0.5, 0.6) is 5.75 Å². The molecular weight excluding hydrogens is 344 g/mol. The Labute approximate surface area is 157 Å². The molecule has 140 valence electrons. The van der Waals surface area contributed by atoms with Gasteiger partial charge in [-0.1, -0.05) is 18.2 Å². The van der Waals surface area contributed by atoms with Crippen LogP contribution in [0.4, 0.5) is 0 Å². The van der Waals surface area contributed by atoms with Gasteiger partial charge in [0, 0.05) is 37.9 Å². The molecule has 1 fully saturated rings. The van der Waals surface area contributed by atoms with Gasteiger partial charge in [0.15, 0.2) is 12.3 Å². The Morgan fingerprint density at radius 2 is 2.04 bits per heavy atom. The first-order chi connectivity index (χ1) is 13.3. The van der Waals surface area contributed by atoms with E-state index < -0.39 is 0 Å². The van der Waals surface area contributed by atoms with Gasteiger partial charge < -0.3 is 15.4 Å². The van der Waals surface area contributed by atoms with Gasteiger partial charge in [0.25, 0.3) is 5.91 Å². The van der Waals surface area contributed by atoms with E-state index >= 15 is 0 Å². The zero-order valence-corrected chi connectivity index (χ0v) is 15.0. The number of rotatable bonds is 6. The number of hydrogen-bond acceptors (Lipinski definition) is 6. The largest absolute Gasteiger partial charge is 0.484 e. The third-order valence-electron chi connectivity index (χ3n) is 4.77. The molecule has 0 spiro atoms. The van der Waals surface area contributed by atoms with Crippen molar-refractivity contribution in [1.29, 1.82) is 0 Å². The van der Waals surface area contributed by atoms with Crippen LogP contribution >= 0.6 is 0 Å². The summed E-state index contributed by atoms with van der Waals surface area (Å²) in [5, 5.41) is 4.69.